The van der Waals surface area contributed by atoms with Gasteiger partial charge in [0.2, 0.25) is 0 Å². The number of para-hydroxylation sites is 1. The monoisotopic (exact) mass is 472 g/mol. The maximum absolute atomic E-state index is 6.34. The maximum atomic E-state index is 6.34. The lowest BCUT2D eigenvalue weighted by molar-refractivity contribution is 0.670. The highest BCUT2D eigenvalue weighted by molar-refractivity contribution is 9.10. The largest absolute Gasteiger partial charge is 0.455 e. The van der Waals surface area contributed by atoms with Crippen LogP contribution in [0.25, 0.3) is 65.4 Å². The van der Waals surface area contributed by atoms with E-state index in [4.69, 9.17) is 4.42 Å². The van der Waals surface area contributed by atoms with Crippen molar-refractivity contribution < 1.29 is 4.42 Å². The third-order valence-corrected chi connectivity index (χ3v) is 6.96. The minimum atomic E-state index is 0.916. The van der Waals surface area contributed by atoms with Crippen LogP contribution in [-0.4, -0.2) is 0 Å². The third-order valence-electron chi connectivity index (χ3n) is 6.50. The van der Waals surface area contributed by atoms with E-state index in [0.717, 1.165) is 37.5 Å². The number of hydrogen-bond acceptors (Lipinski definition) is 1. The molecule has 0 radical (unpaired) electrons. The number of fused-ring (bicyclic) bond motifs is 9. The molecular weight excluding hydrogens is 456 g/mol. The molecule has 0 atom stereocenters. The standard InChI is InChI=1S/C30H17BrO/c31-19-16-26(30-28(17-19)25-11-5-6-12-29(25)32-30)18-13-14-24-22-9-2-1-7-20(22)21-8-3-4-10-23(21)27(24)15-18/h1-17H. The summed E-state index contributed by atoms with van der Waals surface area (Å²) in [4.78, 5) is 0. The lowest BCUT2D eigenvalue weighted by Crippen LogP contribution is -1.85. The summed E-state index contributed by atoms with van der Waals surface area (Å²) in [7, 11) is 0. The number of rotatable bonds is 1. The minimum Gasteiger partial charge on any atom is -0.455 e. The molecule has 0 unspecified atom stereocenters. The SMILES string of the molecule is Brc1cc(-c2ccc3c4ccccc4c4ccccc4c3c2)c2oc3ccccc3c2c1. The van der Waals surface area contributed by atoms with Gasteiger partial charge in [-0.2, -0.15) is 0 Å². The van der Waals surface area contributed by atoms with Crippen LogP contribution < -0.4 is 0 Å². The van der Waals surface area contributed by atoms with Gasteiger partial charge in [-0.25, -0.2) is 0 Å². The van der Waals surface area contributed by atoms with Gasteiger partial charge in [0.05, 0.1) is 0 Å². The summed E-state index contributed by atoms with van der Waals surface area (Å²) in [5.74, 6) is 0. The first-order valence-electron chi connectivity index (χ1n) is 10.7. The maximum Gasteiger partial charge on any atom is 0.143 e. The molecule has 1 aromatic heterocycles. The molecule has 0 amide bonds. The average Bonchev–Trinajstić information content (AvgIpc) is 3.22. The molecule has 0 aliphatic heterocycles. The highest BCUT2D eigenvalue weighted by atomic mass is 79.9. The van der Waals surface area contributed by atoms with E-state index in [-0.39, 0.29) is 0 Å². The molecule has 7 rings (SSSR count). The van der Waals surface area contributed by atoms with Crippen molar-refractivity contribution in [3.8, 4) is 11.1 Å². The second kappa shape index (κ2) is 6.69. The fourth-order valence-corrected chi connectivity index (χ4v) is 5.54. The number of furan rings is 1. The first-order valence-corrected chi connectivity index (χ1v) is 11.5. The van der Waals surface area contributed by atoms with E-state index in [2.05, 4.69) is 107 Å². The zero-order valence-electron chi connectivity index (χ0n) is 17.1. The fourth-order valence-electron chi connectivity index (χ4n) is 5.08. The van der Waals surface area contributed by atoms with Crippen molar-refractivity contribution in [2.75, 3.05) is 0 Å². The van der Waals surface area contributed by atoms with Crippen molar-refractivity contribution in [1.82, 2.24) is 0 Å². The molecule has 0 spiro atoms. The Morgan fingerprint density at radius 1 is 0.469 bits per heavy atom. The molecule has 1 heterocycles. The van der Waals surface area contributed by atoms with Gasteiger partial charge >= 0.3 is 0 Å². The van der Waals surface area contributed by atoms with Gasteiger partial charge in [-0.15, -0.1) is 0 Å². The van der Waals surface area contributed by atoms with Crippen LogP contribution in [-0.2, 0) is 0 Å². The minimum absolute atomic E-state index is 0.916. The van der Waals surface area contributed by atoms with Crippen LogP contribution in [0.3, 0.4) is 0 Å². The van der Waals surface area contributed by atoms with Gasteiger partial charge in [-0.1, -0.05) is 94.8 Å². The van der Waals surface area contributed by atoms with Crippen LogP contribution in [0.4, 0.5) is 0 Å². The lowest BCUT2D eigenvalue weighted by Gasteiger charge is -2.12. The van der Waals surface area contributed by atoms with Crippen LogP contribution in [0, 0.1) is 0 Å². The van der Waals surface area contributed by atoms with E-state index < -0.39 is 0 Å². The van der Waals surface area contributed by atoms with Crippen molar-refractivity contribution in [2.24, 2.45) is 0 Å². The van der Waals surface area contributed by atoms with E-state index in [1.165, 1.54) is 32.3 Å². The summed E-state index contributed by atoms with van der Waals surface area (Å²) in [6.45, 7) is 0. The highest BCUT2D eigenvalue weighted by Gasteiger charge is 2.15. The van der Waals surface area contributed by atoms with Crippen molar-refractivity contribution >= 4 is 70.2 Å². The van der Waals surface area contributed by atoms with E-state index in [1.54, 1.807) is 0 Å². The normalized spacial score (nSPS) is 11.9. The van der Waals surface area contributed by atoms with Gasteiger partial charge < -0.3 is 4.42 Å². The lowest BCUT2D eigenvalue weighted by atomic mass is 9.92. The molecule has 0 aliphatic rings. The van der Waals surface area contributed by atoms with Gasteiger partial charge in [-0.3, -0.25) is 0 Å². The topological polar surface area (TPSA) is 13.1 Å². The number of halogens is 1. The molecule has 32 heavy (non-hydrogen) atoms. The molecule has 0 aliphatic carbocycles. The predicted molar refractivity (Wildman–Crippen MR) is 139 cm³/mol. The Kier molecular flexibility index (Phi) is 3.76. The average molecular weight is 473 g/mol. The summed E-state index contributed by atoms with van der Waals surface area (Å²) in [5, 5.41) is 9.96. The first-order chi connectivity index (χ1) is 15.8. The van der Waals surface area contributed by atoms with Gasteiger partial charge in [-0.05, 0) is 62.1 Å². The zero-order chi connectivity index (χ0) is 21.2. The van der Waals surface area contributed by atoms with Crippen molar-refractivity contribution in [2.45, 2.75) is 0 Å². The molecule has 2 heteroatoms. The molecule has 7 aromatic rings. The summed E-state index contributed by atoms with van der Waals surface area (Å²) in [6, 6.07) is 36.7. The van der Waals surface area contributed by atoms with Crippen molar-refractivity contribution in [3.05, 3.63) is 108 Å². The van der Waals surface area contributed by atoms with Crippen molar-refractivity contribution in [3.63, 3.8) is 0 Å². The second-order valence-electron chi connectivity index (χ2n) is 8.28. The second-order valence-corrected chi connectivity index (χ2v) is 9.20. The van der Waals surface area contributed by atoms with Crippen LogP contribution in [0.2, 0.25) is 0 Å². The number of benzene rings is 6. The van der Waals surface area contributed by atoms with Gasteiger partial charge in [0, 0.05) is 20.8 Å². The zero-order valence-corrected chi connectivity index (χ0v) is 18.7. The predicted octanol–water partition coefficient (Wildman–Crippen LogP) is 9.48. The summed E-state index contributed by atoms with van der Waals surface area (Å²) < 4.78 is 7.39. The quantitative estimate of drug-likeness (QED) is 0.217. The van der Waals surface area contributed by atoms with E-state index in [9.17, 15) is 0 Å². The summed E-state index contributed by atoms with van der Waals surface area (Å²) in [6.07, 6.45) is 0. The Bertz CT molecular complexity index is 1810. The molecule has 0 fully saturated rings. The Morgan fingerprint density at radius 3 is 1.72 bits per heavy atom. The van der Waals surface area contributed by atoms with Crippen molar-refractivity contribution in [1.29, 1.82) is 0 Å². The van der Waals surface area contributed by atoms with Crippen LogP contribution in [0.15, 0.2) is 112 Å². The summed E-state index contributed by atoms with van der Waals surface area (Å²) >= 11 is 3.73. The van der Waals surface area contributed by atoms with E-state index >= 15 is 0 Å². The van der Waals surface area contributed by atoms with Gasteiger partial charge in [0.15, 0.2) is 0 Å². The van der Waals surface area contributed by atoms with E-state index in [1.807, 2.05) is 12.1 Å². The smallest absolute Gasteiger partial charge is 0.143 e. The Labute approximate surface area is 193 Å². The highest BCUT2D eigenvalue weighted by Crippen LogP contribution is 2.41. The molecule has 0 saturated heterocycles. The Morgan fingerprint density at radius 2 is 1.03 bits per heavy atom. The molecule has 6 aromatic carbocycles. The fraction of sp³-hybridized carbons (Fsp3) is 0. The van der Waals surface area contributed by atoms with Gasteiger partial charge in [0.1, 0.15) is 11.2 Å². The van der Waals surface area contributed by atoms with Gasteiger partial charge in [0.25, 0.3) is 0 Å². The van der Waals surface area contributed by atoms with E-state index in [0.29, 0.717) is 0 Å². The van der Waals surface area contributed by atoms with Crippen LogP contribution in [0.5, 0.6) is 0 Å². The molecule has 0 saturated carbocycles. The first kappa shape index (κ1) is 18.0. The van der Waals surface area contributed by atoms with Crippen LogP contribution >= 0.6 is 15.9 Å². The molecule has 150 valence electrons. The molecule has 1 nitrogen and oxygen atoms in total. The third kappa shape index (κ3) is 2.50. The molecule has 0 N–H and O–H groups in total. The van der Waals surface area contributed by atoms with Crippen LogP contribution in [0.1, 0.15) is 0 Å². The summed E-state index contributed by atoms with van der Waals surface area (Å²) in [5.41, 5.74) is 4.10. The number of hydrogen-bond donors (Lipinski definition) is 0. The molecule has 0 bridgehead atoms. The Hall–Kier alpha value is -3.62. The Balaban J connectivity index is 1.61. The molecular formula is C30H17BrO.